The van der Waals surface area contributed by atoms with E-state index in [0.717, 1.165) is 11.5 Å². The molecule has 0 aliphatic heterocycles. The monoisotopic (exact) mass is 232 g/mol. The average molecular weight is 232 g/mol. The molecule has 1 aliphatic carbocycles. The molecule has 0 saturated heterocycles. The van der Waals surface area contributed by atoms with Crippen LogP contribution in [0.4, 0.5) is 0 Å². The highest BCUT2D eigenvalue weighted by molar-refractivity contribution is 5.30. The Hall–Kier alpha value is -0.820. The number of hydrogen-bond acceptors (Lipinski definition) is 1. The fraction of sp³-hybridized carbons (Fsp3) is 0.625. The first-order valence-electron chi connectivity index (χ1n) is 6.65. The first kappa shape index (κ1) is 12.6. The van der Waals surface area contributed by atoms with Gasteiger partial charge in [0.2, 0.25) is 0 Å². The van der Waals surface area contributed by atoms with Crippen molar-refractivity contribution in [1.82, 2.24) is 0 Å². The lowest BCUT2D eigenvalue weighted by atomic mass is 9.72. The molecule has 1 atom stereocenters. The van der Waals surface area contributed by atoms with E-state index in [-0.39, 0.29) is 5.41 Å². The second-order valence-corrected chi connectivity index (χ2v) is 6.57. The largest absolute Gasteiger partial charge is 0.385 e. The van der Waals surface area contributed by atoms with Crippen LogP contribution < -0.4 is 0 Å². The third kappa shape index (κ3) is 2.26. The lowest BCUT2D eigenvalue weighted by molar-refractivity contribution is -0.0470. The van der Waals surface area contributed by atoms with Gasteiger partial charge in [-0.1, -0.05) is 51.5 Å². The third-order valence-electron chi connectivity index (χ3n) is 4.51. The van der Waals surface area contributed by atoms with Crippen LogP contribution in [0.2, 0.25) is 0 Å². The Balaban J connectivity index is 2.22. The topological polar surface area (TPSA) is 20.2 Å². The van der Waals surface area contributed by atoms with Crippen molar-refractivity contribution in [3.05, 3.63) is 35.4 Å². The van der Waals surface area contributed by atoms with Crippen LogP contribution in [0.3, 0.4) is 0 Å². The van der Waals surface area contributed by atoms with E-state index in [1.807, 2.05) is 6.92 Å². The van der Waals surface area contributed by atoms with E-state index in [0.29, 0.717) is 0 Å². The molecule has 1 aliphatic rings. The Kier molecular flexibility index (Phi) is 3.07. The van der Waals surface area contributed by atoms with Gasteiger partial charge in [-0.3, -0.25) is 0 Å². The molecule has 1 N–H and O–H groups in total. The van der Waals surface area contributed by atoms with E-state index in [1.54, 1.807) is 0 Å². The first-order valence-corrected chi connectivity index (χ1v) is 6.65. The van der Waals surface area contributed by atoms with Crippen molar-refractivity contribution in [1.29, 1.82) is 0 Å². The minimum atomic E-state index is -0.773. The Bertz CT molecular complexity index is 377. The summed E-state index contributed by atoms with van der Waals surface area (Å²) in [7, 11) is 0. The second kappa shape index (κ2) is 4.13. The molecule has 1 unspecified atom stereocenters. The van der Waals surface area contributed by atoms with Gasteiger partial charge in [0.1, 0.15) is 0 Å². The molecule has 94 valence electrons. The van der Waals surface area contributed by atoms with Crippen molar-refractivity contribution in [2.45, 2.75) is 58.5 Å². The number of rotatable bonds is 2. The van der Waals surface area contributed by atoms with E-state index in [9.17, 15) is 5.11 Å². The molecule has 1 heteroatoms. The molecule has 2 rings (SSSR count). The van der Waals surface area contributed by atoms with Crippen molar-refractivity contribution in [3.8, 4) is 0 Å². The molecule has 1 saturated carbocycles. The number of hydrogen-bond donors (Lipinski definition) is 1. The summed E-state index contributed by atoms with van der Waals surface area (Å²) < 4.78 is 0. The molecule has 0 aromatic heterocycles. The minimum Gasteiger partial charge on any atom is -0.385 e. The molecular formula is C16H24O. The van der Waals surface area contributed by atoms with Gasteiger partial charge < -0.3 is 5.11 Å². The van der Waals surface area contributed by atoms with Gasteiger partial charge >= 0.3 is 0 Å². The lowest BCUT2D eigenvalue weighted by Gasteiger charge is -2.38. The molecule has 1 nitrogen and oxygen atoms in total. The van der Waals surface area contributed by atoms with E-state index >= 15 is 0 Å². The summed E-state index contributed by atoms with van der Waals surface area (Å²) in [6.07, 6.45) is 4.02. The van der Waals surface area contributed by atoms with E-state index in [1.165, 1.54) is 24.8 Å². The smallest absolute Gasteiger partial charge is 0.0916 e. The van der Waals surface area contributed by atoms with Gasteiger partial charge in [0.25, 0.3) is 0 Å². The van der Waals surface area contributed by atoms with Crippen LogP contribution in [0, 0.1) is 5.41 Å². The van der Waals surface area contributed by atoms with Gasteiger partial charge in [-0.25, -0.2) is 0 Å². The summed E-state index contributed by atoms with van der Waals surface area (Å²) in [5.74, 6) is 0.767. The molecular weight excluding hydrogens is 208 g/mol. The van der Waals surface area contributed by atoms with Gasteiger partial charge in [0.05, 0.1) is 5.60 Å². The van der Waals surface area contributed by atoms with Gasteiger partial charge in [-0.15, -0.1) is 0 Å². The maximum Gasteiger partial charge on any atom is 0.0916 e. The van der Waals surface area contributed by atoms with Crippen molar-refractivity contribution < 1.29 is 5.11 Å². The highest BCUT2D eigenvalue weighted by Crippen LogP contribution is 2.40. The predicted octanol–water partition coefficient (Wildman–Crippen LogP) is 4.21. The van der Waals surface area contributed by atoms with Crippen LogP contribution in [0.5, 0.6) is 0 Å². The van der Waals surface area contributed by atoms with Crippen LogP contribution in [-0.2, 0) is 5.60 Å². The molecule has 0 spiro atoms. The summed E-state index contributed by atoms with van der Waals surface area (Å²) in [6, 6.07) is 8.58. The summed E-state index contributed by atoms with van der Waals surface area (Å²) >= 11 is 0. The molecule has 1 aromatic carbocycles. The molecule has 0 heterocycles. The van der Waals surface area contributed by atoms with Crippen LogP contribution >= 0.6 is 0 Å². The third-order valence-corrected chi connectivity index (χ3v) is 4.51. The van der Waals surface area contributed by atoms with Crippen molar-refractivity contribution in [2.75, 3.05) is 0 Å². The first-order chi connectivity index (χ1) is 7.82. The fourth-order valence-corrected chi connectivity index (χ4v) is 2.25. The normalized spacial score (nSPS) is 20.8. The zero-order valence-corrected chi connectivity index (χ0v) is 11.5. The molecule has 0 radical (unpaired) electrons. The molecule has 0 bridgehead atoms. The summed E-state index contributed by atoms with van der Waals surface area (Å²) in [4.78, 5) is 0. The maximum atomic E-state index is 10.6. The summed E-state index contributed by atoms with van der Waals surface area (Å²) in [5, 5.41) is 10.6. The van der Waals surface area contributed by atoms with E-state index in [4.69, 9.17) is 0 Å². The molecule has 17 heavy (non-hydrogen) atoms. The van der Waals surface area contributed by atoms with Crippen LogP contribution in [0.1, 0.15) is 64.0 Å². The van der Waals surface area contributed by atoms with Gasteiger partial charge in [0.15, 0.2) is 0 Å². The quantitative estimate of drug-likeness (QED) is 0.810. The summed E-state index contributed by atoms with van der Waals surface area (Å²) in [5.41, 5.74) is 1.54. The molecule has 0 amide bonds. The predicted molar refractivity (Wildman–Crippen MR) is 72.1 cm³/mol. The Morgan fingerprint density at radius 1 is 1.00 bits per heavy atom. The average Bonchev–Trinajstić information content (AvgIpc) is 2.14. The Morgan fingerprint density at radius 3 is 1.88 bits per heavy atom. The van der Waals surface area contributed by atoms with Crippen molar-refractivity contribution in [3.63, 3.8) is 0 Å². The summed E-state index contributed by atoms with van der Waals surface area (Å²) in [6.45, 7) is 8.14. The number of aliphatic hydroxyl groups is 1. The van der Waals surface area contributed by atoms with E-state index in [2.05, 4.69) is 45.0 Å². The van der Waals surface area contributed by atoms with Gasteiger partial charge in [-0.2, -0.15) is 0 Å². The van der Waals surface area contributed by atoms with Crippen LogP contribution in [-0.4, -0.2) is 5.11 Å². The highest BCUT2D eigenvalue weighted by Gasteiger charge is 2.36. The Morgan fingerprint density at radius 2 is 1.53 bits per heavy atom. The Labute approximate surface area is 105 Å². The molecule has 1 fully saturated rings. The SMILES string of the molecule is CC(C)(C)C(C)(O)c1ccc(C2CCC2)cc1. The molecule has 1 aromatic rings. The van der Waals surface area contributed by atoms with Gasteiger partial charge in [-0.05, 0) is 42.2 Å². The van der Waals surface area contributed by atoms with Crippen LogP contribution in [0.25, 0.3) is 0 Å². The van der Waals surface area contributed by atoms with Crippen LogP contribution in [0.15, 0.2) is 24.3 Å². The standard InChI is InChI=1S/C16H24O/c1-15(2,3)16(4,17)14-10-8-13(9-11-14)12-6-5-7-12/h8-12,17H,5-7H2,1-4H3. The van der Waals surface area contributed by atoms with Crippen molar-refractivity contribution in [2.24, 2.45) is 5.41 Å². The van der Waals surface area contributed by atoms with Crippen molar-refractivity contribution >= 4 is 0 Å². The van der Waals surface area contributed by atoms with Gasteiger partial charge in [0, 0.05) is 0 Å². The highest BCUT2D eigenvalue weighted by atomic mass is 16.3. The lowest BCUT2D eigenvalue weighted by Crippen LogP contribution is -2.36. The number of benzene rings is 1. The fourth-order valence-electron chi connectivity index (χ4n) is 2.25. The zero-order valence-electron chi connectivity index (χ0n) is 11.5. The van der Waals surface area contributed by atoms with E-state index < -0.39 is 5.60 Å². The zero-order chi connectivity index (χ0) is 12.7. The minimum absolute atomic E-state index is 0.148. The maximum absolute atomic E-state index is 10.6. The second-order valence-electron chi connectivity index (χ2n) is 6.57.